The molecule has 3 aromatic rings. The van der Waals surface area contributed by atoms with Gasteiger partial charge in [-0.15, -0.1) is 10.2 Å². The van der Waals surface area contributed by atoms with Gasteiger partial charge in [0.15, 0.2) is 11.5 Å². The fraction of sp³-hybridized carbons (Fsp3) is 0.0769. The molecule has 0 aliphatic carbocycles. The van der Waals surface area contributed by atoms with Crippen LogP contribution in [0.15, 0.2) is 42.6 Å². The fourth-order valence-electron chi connectivity index (χ4n) is 1.79. The van der Waals surface area contributed by atoms with Gasteiger partial charge in [-0.05, 0) is 48.9 Å². The topological polar surface area (TPSA) is 30.2 Å². The Morgan fingerprint density at radius 1 is 1.06 bits per heavy atom. The van der Waals surface area contributed by atoms with Crippen LogP contribution >= 0.6 is 11.6 Å². The first-order valence-electron chi connectivity index (χ1n) is 5.31. The first-order chi connectivity index (χ1) is 8.24. The number of fused-ring (bicyclic) bond motifs is 1. The summed E-state index contributed by atoms with van der Waals surface area (Å²) in [6, 6.07) is 11.6. The summed E-state index contributed by atoms with van der Waals surface area (Å²) >= 11 is 5.87. The highest BCUT2D eigenvalue weighted by Gasteiger charge is 2.07. The number of hydrogen-bond donors (Lipinski definition) is 0. The highest BCUT2D eigenvalue weighted by molar-refractivity contribution is 6.30. The van der Waals surface area contributed by atoms with Crippen LogP contribution < -0.4 is 0 Å². The number of aryl methyl sites for hydroxylation is 1. The maximum atomic E-state index is 5.87. The number of nitrogens with zero attached hydrogens (tertiary/aromatic N) is 3. The third-order valence-corrected chi connectivity index (χ3v) is 2.92. The molecule has 0 aliphatic rings. The van der Waals surface area contributed by atoms with Crippen molar-refractivity contribution in [3.63, 3.8) is 0 Å². The van der Waals surface area contributed by atoms with Crippen molar-refractivity contribution in [3.05, 3.63) is 53.2 Å². The molecule has 0 saturated heterocycles. The van der Waals surface area contributed by atoms with Crippen LogP contribution in [0, 0.1) is 6.92 Å². The van der Waals surface area contributed by atoms with Gasteiger partial charge in [0.25, 0.3) is 0 Å². The molecule has 3 nitrogen and oxygen atoms in total. The van der Waals surface area contributed by atoms with Gasteiger partial charge in [0.1, 0.15) is 0 Å². The van der Waals surface area contributed by atoms with E-state index >= 15 is 0 Å². The molecule has 0 atom stereocenters. The van der Waals surface area contributed by atoms with E-state index in [1.807, 2.05) is 53.9 Å². The molecule has 17 heavy (non-hydrogen) atoms. The zero-order valence-corrected chi connectivity index (χ0v) is 10.0. The van der Waals surface area contributed by atoms with Gasteiger partial charge in [0.05, 0.1) is 0 Å². The molecule has 0 fully saturated rings. The van der Waals surface area contributed by atoms with Crippen molar-refractivity contribution in [3.8, 4) is 11.4 Å². The molecule has 0 saturated carbocycles. The van der Waals surface area contributed by atoms with Gasteiger partial charge < -0.3 is 0 Å². The lowest BCUT2D eigenvalue weighted by Crippen LogP contribution is -1.89. The SMILES string of the molecule is Cc1ccn2c(-c3ccc(Cl)cc3)nnc2c1. The monoisotopic (exact) mass is 243 g/mol. The van der Waals surface area contributed by atoms with Crippen LogP contribution in [0.2, 0.25) is 5.02 Å². The van der Waals surface area contributed by atoms with Gasteiger partial charge in [-0.1, -0.05) is 11.6 Å². The number of halogens is 1. The second kappa shape index (κ2) is 3.86. The lowest BCUT2D eigenvalue weighted by molar-refractivity contribution is 1.11. The van der Waals surface area contributed by atoms with Crippen LogP contribution in [-0.2, 0) is 0 Å². The van der Waals surface area contributed by atoms with Crippen molar-refractivity contribution >= 4 is 17.2 Å². The Balaban J connectivity index is 2.21. The van der Waals surface area contributed by atoms with Gasteiger partial charge in [0.2, 0.25) is 0 Å². The van der Waals surface area contributed by atoms with Crippen LogP contribution in [0.25, 0.3) is 17.0 Å². The summed E-state index contributed by atoms with van der Waals surface area (Å²) in [5.74, 6) is 0.830. The lowest BCUT2D eigenvalue weighted by Gasteiger charge is -2.00. The maximum Gasteiger partial charge on any atom is 0.168 e. The van der Waals surface area contributed by atoms with Gasteiger partial charge in [-0.25, -0.2) is 0 Å². The molecule has 1 aromatic carbocycles. The Morgan fingerprint density at radius 3 is 2.59 bits per heavy atom. The second-order valence-corrected chi connectivity index (χ2v) is 4.40. The average Bonchev–Trinajstić information content (AvgIpc) is 2.73. The molecule has 0 amide bonds. The third kappa shape index (κ3) is 1.78. The summed E-state index contributed by atoms with van der Waals surface area (Å²) in [5, 5.41) is 9.09. The van der Waals surface area contributed by atoms with Gasteiger partial charge in [0, 0.05) is 16.8 Å². The molecule has 0 radical (unpaired) electrons. The van der Waals surface area contributed by atoms with E-state index in [0.717, 1.165) is 22.1 Å². The van der Waals surface area contributed by atoms with Crippen LogP contribution in [0.1, 0.15) is 5.56 Å². The number of hydrogen-bond acceptors (Lipinski definition) is 2. The van der Waals surface area contributed by atoms with E-state index in [9.17, 15) is 0 Å². The van der Waals surface area contributed by atoms with Crippen molar-refractivity contribution in [2.45, 2.75) is 6.92 Å². The number of rotatable bonds is 1. The fourth-order valence-corrected chi connectivity index (χ4v) is 1.91. The van der Waals surface area contributed by atoms with Crippen molar-refractivity contribution in [2.24, 2.45) is 0 Å². The first-order valence-corrected chi connectivity index (χ1v) is 5.69. The Kier molecular flexibility index (Phi) is 2.34. The predicted molar refractivity (Wildman–Crippen MR) is 68.2 cm³/mol. The summed E-state index contributed by atoms with van der Waals surface area (Å²) in [6.45, 7) is 2.04. The molecule has 2 heterocycles. The number of aromatic nitrogens is 3. The largest absolute Gasteiger partial charge is 0.282 e. The average molecular weight is 244 g/mol. The Bertz CT molecular complexity index is 671. The zero-order chi connectivity index (χ0) is 11.8. The summed E-state index contributed by atoms with van der Waals surface area (Å²) in [5.41, 5.74) is 3.04. The minimum atomic E-state index is 0.721. The van der Waals surface area contributed by atoms with E-state index in [4.69, 9.17) is 11.6 Å². The van der Waals surface area contributed by atoms with E-state index < -0.39 is 0 Å². The molecule has 0 spiro atoms. The van der Waals surface area contributed by atoms with Crippen molar-refractivity contribution in [1.29, 1.82) is 0 Å². The normalized spacial score (nSPS) is 10.9. The smallest absolute Gasteiger partial charge is 0.168 e. The number of pyridine rings is 1. The summed E-state index contributed by atoms with van der Waals surface area (Å²) < 4.78 is 1.97. The first kappa shape index (κ1) is 10.3. The van der Waals surface area contributed by atoms with E-state index in [1.165, 1.54) is 5.56 Å². The maximum absolute atomic E-state index is 5.87. The Labute approximate surface area is 104 Å². The molecule has 0 N–H and O–H groups in total. The minimum absolute atomic E-state index is 0.721. The van der Waals surface area contributed by atoms with Crippen LogP contribution in [-0.4, -0.2) is 14.6 Å². The van der Waals surface area contributed by atoms with Crippen molar-refractivity contribution < 1.29 is 0 Å². The Hall–Kier alpha value is -1.87. The molecule has 4 heteroatoms. The second-order valence-electron chi connectivity index (χ2n) is 3.96. The van der Waals surface area contributed by atoms with Crippen molar-refractivity contribution in [1.82, 2.24) is 14.6 Å². The molecule has 0 aliphatic heterocycles. The standard InChI is InChI=1S/C13H10ClN3/c1-9-6-7-17-12(8-9)15-16-13(17)10-2-4-11(14)5-3-10/h2-8H,1H3. The molecule has 3 rings (SSSR count). The molecular weight excluding hydrogens is 234 g/mol. The molecule has 2 aromatic heterocycles. The molecule has 84 valence electrons. The van der Waals surface area contributed by atoms with Crippen molar-refractivity contribution in [2.75, 3.05) is 0 Å². The van der Waals surface area contributed by atoms with Crippen LogP contribution in [0.5, 0.6) is 0 Å². The molecule has 0 unspecified atom stereocenters. The highest BCUT2D eigenvalue weighted by atomic mass is 35.5. The molecule has 0 bridgehead atoms. The molecular formula is C13H10ClN3. The van der Waals surface area contributed by atoms with Gasteiger partial charge in [-0.3, -0.25) is 4.40 Å². The predicted octanol–water partition coefficient (Wildman–Crippen LogP) is 3.36. The summed E-state index contributed by atoms with van der Waals surface area (Å²) in [6.07, 6.45) is 1.98. The van der Waals surface area contributed by atoms with E-state index in [-0.39, 0.29) is 0 Å². The van der Waals surface area contributed by atoms with Crippen LogP contribution in [0.3, 0.4) is 0 Å². The van der Waals surface area contributed by atoms with E-state index in [1.54, 1.807) is 0 Å². The quantitative estimate of drug-likeness (QED) is 0.656. The lowest BCUT2D eigenvalue weighted by atomic mass is 10.2. The van der Waals surface area contributed by atoms with E-state index in [2.05, 4.69) is 10.2 Å². The summed E-state index contributed by atoms with van der Waals surface area (Å²) in [4.78, 5) is 0. The third-order valence-electron chi connectivity index (χ3n) is 2.67. The Morgan fingerprint density at radius 2 is 1.82 bits per heavy atom. The zero-order valence-electron chi connectivity index (χ0n) is 9.26. The van der Waals surface area contributed by atoms with Gasteiger partial charge >= 0.3 is 0 Å². The number of benzene rings is 1. The summed E-state index contributed by atoms with van der Waals surface area (Å²) in [7, 11) is 0. The van der Waals surface area contributed by atoms with Crippen LogP contribution in [0.4, 0.5) is 0 Å². The van der Waals surface area contributed by atoms with Gasteiger partial charge in [-0.2, -0.15) is 0 Å². The van der Waals surface area contributed by atoms with E-state index in [0.29, 0.717) is 0 Å². The minimum Gasteiger partial charge on any atom is -0.282 e. The highest BCUT2D eigenvalue weighted by Crippen LogP contribution is 2.20.